The molecule has 0 radical (unpaired) electrons. The van der Waals surface area contributed by atoms with E-state index in [1.54, 1.807) is 24.4 Å². The molecule has 0 saturated carbocycles. The maximum Gasteiger partial charge on any atom is 0.269 e. The average Bonchev–Trinajstić information content (AvgIpc) is 3.14. The summed E-state index contributed by atoms with van der Waals surface area (Å²) in [6, 6.07) is 16.3. The highest BCUT2D eigenvalue weighted by molar-refractivity contribution is 7.90. The minimum atomic E-state index is -3.95. The molecule has 0 aliphatic heterocycles. The predicted molar refractivity (Wildman–Crippen MR) is 125 cm³/mol. The summed E-state index contributed by atoms with van der Waals surface area (Å²) in [5.74, 6) is -0.715. The summed E-state index contributed by atoms with van der Waals surface area (Å²) in [5.41, 5.74) is 9.61. The second kappa shape index (κ2) is 8.22. The van der Waals surface area contributed by atoms with Gasteiger partial charge < -0.3 is 10.6 Å². The van der Waals surface area contributed by atoms with Gasteiger partial charge in [-0.1, -0.05) is 35.9 Å². The molecule has 0 bridgehead atoms. The Morgan fingerprint density at radius 2 is 1.78 bits per heavy atom. The molecular weight excluding hydrogens is 424 g/mol. The van der Waals surface area contributed by atoms with Crippen molar-refractivity contribution in [3.63, 3.8) is 0 Å². The standard InChI is InChI=1S/C24H24N4O3S/c1-16-7-9-20(10-8-16)32(30,31)28-15-22(23(25)29)21-12-19(13-26-24(21)28)18-6-4-5-17(11-18)14-27(2)3/h4-13,15H,14H2,1-3H3,(H2,25,29). The average molecular weight is 449 g/mol. The minimum absolute atomic E-state index is 0.106. The SMILES string of the molecule is Cc1ccc(S(=O)(=O)n2cc(C(N)=O)c3cc(-c4cccc(CN(C)C)c4)cnc32)cc1. The van der Waals surface area contributed by atoms with Crippen molar-refractivity contribution in [1.82, 2.24) is 13.9 Å². The molecule has 0 unspecified atom stereocenters. The molecule has 8 heteroatoms. The van der Waals surface area contributed by atoms with Crippen LogP contribution in [0.1, 0.15) is 21.5 Å². The predicted octanol–water partition coefficient (Wildman–Crippen LogP) is 3.41. The maximum absolute atomic E-state index is 13.3. The molecule has 0 spiro atoms. The van der Waals surface area contributed by atoms with Gasteiger partial charge in [-0.15, -0.1) is 0 Å². The van der Waals surface area contributed by atoms with Gasteiger partial charge >= 0.3 is 0 Å². The van der Waals surface area contributed by atoms with Crippen LogP contribution in [-0.2, 0) is 16.6 Å². The summed E-state index contributed by atoms with van der Waals surface area (Å²) in [4.78, 5) is 18.7. The molecule has 2 N–H and O–H groups in total. The number of benzene rings is 2. The second-order valence-corrected chi connectivity index (χ2v) is 9.87. The first-order valence-corrected chi connectivity index (χ1v) is 11.5. The highest BCUT2D eigenvalue weighted by atomic mass is 32.2. The van der Waals surface area contributed by atoms with Crippen LogP contribution in [0.5, 0.6) is 0 Å². The summed E-state index contributed by atoms with van der Waals surface area (Å²) in [5, 5.41) is 0.392. The molecule has 0 saturated heterocycles. The van der Waals surface area contributed by atoms with E-state index < -0.39 is 15.9 Å². The van der Waals surface area contributed by atoms with Crippen molar-refractivity contribution >= 4 is 27.0 Å². The topological polar surface area (TPSA) is 98.3 Å². The number of pyridine rings is 1. The van der Waals surface area contributed by atoms with Gasteiger partial charge in [-0.05, 0) is 56.4 Å². The molecule has 7 nitrogen and oxygen atoms in total. The van der Waals surface area contributed by atoms with Gasteiger partial charge in [0.15, 0.2) is 5.65 Å². The van der Waals surface area contributed by atoms with Crippen LogP contribution in [0.4, 0.5) is 0 Å². The number of primary amides is 1. The summed E-state index contributed by atoms with van der Waals surface area (Å²) >= 11 is 0. The van der Waals surface area contributed by atoms with Crippen LogP contribution < -0.4 is 5.73 Å². The fourth-order valence-electron chi connectivity index (χ4n) is 3.65. The molecular formula is C24H24N4O3S. The van der Waals surface area contributed by atoms with E-state index in [0.29, 0.717) is 5.39 Å². The van der Waals surface area contributed by atoms with E-state index in [1.165, 1.54) is 18.3 Å². The van der Waals surface area contributed by atoms with Gasteiger partial charge in [-0.2, -0.15) is 0 Å². The number of carbonyl (C=O) groups excluding carboxylic acids is 1. The lowest BCUT2D eigenvalue weighted by atomic mass is 10.0. The Morgan fingerprint density at radius 1 is 1.06 bits per heavy atom. The fraction of sp³-hybridized carbons (Fsp3) is 0.167. The maximum atomic E-state index is 13.3. The van der Waals surface area contributed by atoms with Crippen LogP contribution in [0.25, 0.3) is 22.2 Å². The first-order chi connectivity index (χ1) is 15.2. The molecule has 0 fully saturated rings. The van der Waals surface area contributed by atoms with Crippen molar-refractivity contribution in [3.05, 3.63) is 83.7 Å². The number of rotatable bonds is 6. The number of amides is 1. The van der Waals surface area contributed by atoms with Crippen molar-refractivity contribution < 1.29 is 13.2 Å². The van der Waals surface area contributed by atoms with Crippen LogP contribution in [0.3, 0.4) is 0 Å². The molecule has 0 atom stereocenters. The van der Waals surface area contributed by atoms with E-state index in [4.69, 9.17) is 5.73 Å². The second-order valence-electron chi connectivity index (χ2n) is 8.05. The van der Waals surface area contributed by atoms with E-state index in [2.05, 4.69) is 9.88 Å². The molecule has 0 aliphatic carbocycles. The summed E-state index contributed by atoms with van der Waals surface area (Å²) in [6.45, 7) is 2.66. The molecule has 1 amide bonds. The largest absolute Gasteiger partial charge is 0.366 e. The zero-order valence-electron chi connectivity index (χ0n) is 18.1. The number of hydrogen-bond acceptors (Lipinski definition) is 5. The van der Waals surface area contributed by atoms with Gasteiger partial charge in [0.2, 0.25) is 0 Å². The molecule has 2 aromatic carbocycles. The molecule has 32 heavy (non-hydrogen) atoms. The van der Waals surface area contributed by atoms with Crippen molar-refractivity contribution in [2.75, 3.05) is 14.1 Å². The Morgan fingerprint density at radius 3 is 2.44 bits per heavy atom. The third kappa shape index (κ3) is 4.02. The van der Waals surface area contributed by atoms with E-state index in [1.807, 2.05) is 45.3 Å². The summed E-state index contributed by atoms with van der Waals surface area (Å²) < 4.78 is 27.6. The minimum Gasteiger partial charge on any atom is -0.366 e. The fourth-order valence-corrected chi connectivity index (χ4v) is 4.98. The zero-order chi connectivity index (χ0) is 23.0. The summed E-state index contributed by atoms with van der Waals surface area (Å²) in [7, 11) is 0.0415. The van der Waals surface area contributed by atoms with Crippen LogP contribution in [0.2, 0.25) is 0 Å². The number of fused-ring (bicyclic) bond motifs is 1. The molecule has 0 aliphatic rings. The Labute approximate surface area is 187 Å². The first-order valence-electron chi connectivity index (χ1n) is 10.0. The van der Waals surface area contributed by atoms with Crippen LogP contribution in [0, 0.1) is 6.92 Å². The highest BCUT2D eigenvalue weighted by Gasteiger charge is 2.24. The van der Waals surface area contributed by atoms with Crippen molar-refractivity contribution in [3.8, 4) is 11.1 Å². The number of carbonyl (C=O) groups is 1. The first kappa shape index (κ1) is 21.7. The number of hydrogen-bond donors (Lipinski definition) is 1. The third-order valence-corrected chi connectivity index (χ3v) is 6.88. The van der Waals surface area contributed by atoms with Gasteiger partial charge in [-0.3, -0.25) is 4.79 Å². The van der Waals surface area contributed by atoms with Gasteiger partial charge in [0.1, 0.15) is 0 Å². The quantitative estimate of drug-likeness (QED) is 0.487. The van der Waals surface area contributed by atoms with E-state index in [9.17, 15) is 13.2 Å². The van der Waals surface area contributed by atoms with Crippen LogP contribution in [0.15, 0.2) is 71.9 Å². The lowest BCUT2D eigenvalue weighted by Gasteiger charge is -2.11. The number of nitrogens with zero attached hydrogens (tertiary/aromatic N) is 3. The Hall–Kier alpha value is -3.49. The highest BCUT2D eigenvalue weighted by Crippen LogP contribution is 2.29. The lowest BCUT2D eigenvalue weighted by molar-refractivity contribution is 0.100. The Bertz CT molecular complexity index is 1420. The number of aromatic nitrogens is 2. The number of aryl methyl sites for hydroxylation is 1. The lowest BCUT2D eigenvalue weighted by Crippen LogP contribution is -2.13. The van der Waals surface area contributed by atoms with E-state index in [-0.39, 0.29) is 16.1 Å². The van der Waals surface area contributed by atoms with Gasteiger partial charge in [-0.25, -0.2) is 17.4 Å². The Balaban J connectivity index is 1.87. The van der Waals surface area contributed by atoms with Gasteiger partial charge in [0, 0.05) is 29.9 Å². The molecule has 2 heterocycles. The van der Waals surface area contributed by atoms with Crippen molar-refractivity contribution in [1.29, 1.82) is 0 Å². The van der Waals surface area contributed by atoms with Crippen LogP contribution >= 0.6 is 0 Å². The number of nitrogens with two attached hydrogens (primary N) is 1. The molecule has 2 aromatic heterocycles. The Kier molecular flexibility index (Phi) is 5.58. The van der Waals surface area contributed by atoms with E-state index >= 15 is 0 Å². The van der Waals surface area contributed by atoms with Gasteiger partial charge in [0.05, 0.1) is 10.5 Å². The van der Waals surface area contributed by atoms with Crippen molar-refractivity contribution in [2.24, 2.45) is 5.73 Å². The zero-order valence-corrected chi connectivity index (χ0v) is 18.9. The van der Waals surface area contributed by atoms with Crippen molar-refractivity contribution in [2.45, 2.75) is 18.4 Å². The van der Waals surface area contributed by atoms with E-state index in [0.717, 1.165) is 32.8 Å². The summed E-state index contributed by atoms with van der Waals surface area (Å²) in [6.07, 6.45) is 2.87. The third-order valence-electron chi connectivity index (χ3n) is 5.21. The monoisotopic (exact) mass is 448 g/mol. The van der Waals surface area contributed by atoms with Gasteiger partial charge in [0.25, 0.3) is 15.9 Å². The smallest absolute Gasteiger partial charge is 0.269 e. The van der Waals surface area contributed by atoms with Crippen LogP contribution in [-0.4, -0.2) is 42.3 Å². The normalized spacial score (nSPS) is 11.9. The molecule has 164 valence electrons. The molecule has 4 aromatic rings. The molecule has 4 rings (SSSR count).